The molecule has 1 heterocycles. The largest absolute Gasteiger partial charge is 0.505 e. The van der Waals surface area contributed by atoms with E-state index >= 15 is 0 Å². The molecule has 1 aromatic carbocycles. The van der Waals surface area contributed by atoms with Crippen LogP contribution in [0.25, 0.3) is 0 Å². The van der Waals surface area contributed by atoms with Crippen LogP contribution < -0.4 is 5.32 Å². The number of phenolic OH excluding ortho intramolecular Hbond substituents is 1. The van der Waals surface area contributed by atoms with Crippen molar-refractivity contribution in [3.05, 3.63) is 29.6 Å². The average molecular weight is 167 g/mol. The molecule has 0 aliphatic carbocycles. The summed E-state index contributed by atoms with van der Waals surface area (Å²) >= 11 is 0. The molecule has 1 fully saturated rings. The van der Waals surface area contributed by atoms with Gasteiger partial charge in [0.15, 0.2) is 11.6 Å². The van der Waals surface area contributed by atoms with Gasteiger partial charge in [0.05, 0.1) is 0 Å². The molecule has 0 aromatic heterocycles. The van der Waals surface area contributed by atoms with Crippen molar-refractivity contribution >= 4 is 0 Å². The Morgan fingerprint density at radius 3 is 2.75 bits per heavy atom. The molecule has 0 unspecified atom stereocenters. The highest BCUT2D eigenvalue weighted by Crippen LogP contribution is 2.26. The van der Waals surface area contributed by atoms with Crippen molar-refractivity contribution in [2.24, 2.45) is 0 Å². The van der Waals surface area contributed by atoms with Crippen molar-refractivity contribution in [3.8, 4) is 5.75 Å². The van der Waals surface area contributed by atoms with E-state index in [9.17, 15) is 4.39 Å². The summed E-state index contributed by atoms with van der Waals surface area (Å²) < 4.78 is 12.8. The van der Waals surface area contributed by atoms with Crippen molar-refractivity contribution in [3.63, 3.8) is 0 Å². The van der Waals surface area contributed by atoms with Gasteiger partial charge in [0, 0.05) is 6.04 Å². The first-order chi connectivity index (χ1) is 5.77. The Morgan fingerprint density at radius 1 is 1.50 bits per heavy atom. The van der Waals surface area contributed by atoms with Crippen LogP contribution in [0.2, 0.25) is 0 Å². The first-order valence-electron chi connectivity index (χ1n) is 3.99. The first kappa shape index (κ1) is 7.55. The van der Waals surface area contributed by atoms with E-state index in [1.165, 1.54) is 12.1 Å². The highest BCUT2D eigenvalue weighted by molar-refractivity contribution is 5.30. The van der Waals surface area contributed by atoms with Gasteiger partial charge >= 0.3 is 0 Å². The van der Waals surface area contributed by atoms with Crippen LogP contribution in [0.4, 0.5) is 4.39 Å². The lowest BCUT2D eigenvalue weighted by molar-refractivity contribution is 0.378. The molecular formula is C9H10FNO. The van der Waals surface area contributed by atoms with Gasteiger partial charge in [0.1, 0.15) is 0 Å². The Kier molecular flexibility index (Phi) is 1.73. The molecule has 12 heavy (non-hydrogen) atoms. The number of nitrogens with one attached hydrogen (secondary N) is 1. The third-order valence-electron chi connectivity index (χ3n) is 2.20. The third kappa shape index (κ3) is 1.16. The van der Waals surface area contributed by atoms with Crippen LogP contribution in [-0.4, -0.2) is 11.7 Å². The molecular weight excluding hydrogens is 157 g/mol. The van der Waals surface area contributed by atoms with Gasteiger partial charge in [-0.1, -0.05) is 6.07 Å². The van der Waals surface area contributed by atoms with Crippen LogP contribution in [0.15, 0.2) is 18.2 Å². The maximum absolute atomic E-state index is 12.8. The van der Waals surface area contributed by atoms with Gasteiger partial charge in [0.2, 0.25) is 0 Å². The molecule has 64 valence electrons. The smallest absolute Gasteiger partial charge is 0.165 e. The summed E-state index contributed by atoms with van der Waals surface area (Å²) in [5, 5.41) is 12.1. The number of hydrogen-bond donors (Lipinski definition) is 2. The van der Waals surface area contributed by atoms with E-state index < -0.39 is 5.82 Å². The molecule has 0 radical (unpaired) electrons. The molecule has 0 amide bonds. The summed E-state index contributed by atoms with van der Waals surface area (Å²) in [5.74, 6) is -0.820. The van der Waals surface area contributed by atoms with Crippen LogP contribution in [0, 0.1) is 5.82 Å². The zero-order valence-corrected chi connectivity index (χ0v) is 6.55. The number of hydrogen-bond acceptors (Lipinski definition) is 2. The third-order valence-corrected chi connectivity index (χ3v) is 2.20. The summed E-state index contributed by atoms with van der Waals surface area (Å²) in [6.07, 6.45) is 1.05. The highest BCUT2D eigenvalue weighted by Gasteiger charge is 2.19. The van der Waals surface area contributed by atoms with Crippen LogP contribution >= 0.6 is 0 Å². The minimum absolute atomic E-state index is 0.278. The van der Waals surface area contributed by atoms with E-state index in [0.29, 0.717) is 0 Å². The molecule has 1 aromatic rings. The van der Waals surface area contributed by atoms with Gasteiger partial charge in [-0.3, -0.25) is 0 Å². The monoisotopic (exact) mass is 167 g/mol. The minimum atomic E-state index is -0.541. The first-order valence-corrected chi connectivity index (χ1v) is 3.99. The molecule has 0 spiro atoms. The van der Waals surface area contributed by atoms with Crippen molar-refractivity contribution in [2.45, 2.75) is 12.5 Å². The quantitative estimate of drug-likeness (QED) is 0.665. The van der Waals surface area contributed by atoms with Crippen LogP contribution in [-0.2, 0) is 0 Å². The van der Waals surface area contributed by atoms with E-state index in [-0.39, 0.29) is 11.8 Å². The number of aromatic hydroxyl groups is 1. The van der Waals surface area contributed by atoms with Crippen molar-refractivity contribution in [1.82, 2.24) is 5.32 Å². The molecule has 2 rings (SSSR count). The zero-order valence-electron chi connectivity index (χ0n) is 6.55. The molecule has 1 aliphatic heterocycles. The van der Waals surface area contributed by atoms with Gasteiger partial charge in [-0.05, 0) is 30.7 Å². The molecule has 3 heteroatoms. The molecule has 2 N–H and O–H groups in total. The maximum atomic E-state index is 12.8. The summed E-state index contributed by atoms with van der Waals surface area (Å²) in [7, 11) is 0. The van der Waals surface area contributed by atoms with Gasteiger partial charge in [-0.15, -0.1) is 0 Å². The van der Waals surface area contributed by atoms with Gasteiger partial charge in [-0.25, -0.2) is 4.39 Å². The summed E-state index contributed by atoms with van der Waals surface area (Å²) in [6, 6.07) is 4.80. The molecule has 1 saturated heterocycles. The fourth-order valence-corrected chi connectivity index (χ4v) is 1.31. The lowest BCUT2D eigenvalue weighted by atomic mass is 9.98. The van der Waals surface area contributed by atoms with Crippen LogP contribution in [0.3, 0.4) is 0 Å². The SMILES string of the molecule is Oc1ccc([C@H]2CCN2)cc1F. The average Bonchev–Trinajstić information content (AvgIpc) is 1.93. The number of phenols is 1. The Labute approximate surface area is 70.0 Å². The zero-order chi connectivity index (χ0) is 8.55. The summed E-state index contributed by atoms with van der Waals surface area (Å²) in [5.41, 5.74) is 0.913. The Morgan fingerprint density at radius 2 is 2.25 bits per heavy atom. The molecule has 1 atom stereocenters. The normalized spacial score (nSPS) is 21.9. The van der Waals surface area contributed by atoms with E-state index in [1.807, 2.05) is 0 Å². The topological polar surface area (TPSA) is 32.3 Å². The fraction of sp³-hybridized carbons (Fsp3) is 0.333. The number of rotatable bonds is 1. The Bertz CT molecular complexity index is 297. The second-order valence-electron chi connectivity index (χ2n) is 3.01. The number of halogens is 1. The lowest BCUT2D eigenvalue weighted by Crippen LogP contribution is -2.34. The molecule has 0 bridgehead atoms. The Balaban J connectivity index is 2.27. The van der Waals surface area contributed by atoms with Crippen LogP contribution in [0.1, 0.15) is 18.0 Å². The fourth-order valence-electron chi connectivity index (χ4n) is 1.31. The van der Waals surface area contributed by atoms with Crippen molar-refractivity contribution in [2.75, 3.05) is 6.54 Å². The van der Waals surface area contributed by atoms with Crippen LogP contribution in [0.5, 0.6) is 5.75 Å². The molecule has 1 aliphatic rings. The highest BCUT2D eigenvalue weighted by atomic mass is 19.1. The standard InChI is InChI=1S/C9H10FNO/c10-7-5-6(1-2-9(7)12)8-3-4-11-8/h1-2,5,8,11-12H,3-4H2/t8-/m1/s1. The predicted octanol–water partition coefficient (Wildman–Crippen LogP) is 1.57. The van der Waals surface area contributed by atoms with E-state index in [0.717, 1.165) is 18.5 Å². The second-order valence-corrected chi connectivity index (χ2v) is 3.01. The number of benzene rings is 1. The second kappa shape index (κ2) is 2.75. The van der Waals surface area contributed by atoms with E-state index in [4.69, 9.17) is 5.11 Å². The molecule has 2 nitrogen and oxygen atoms in total. The molecule has 0 saturated carbocycles. The van der Waals surface area contributed by atoms with E-state index in [2.05, 4.69) is 5.32 Å². The predicted molar refractivity (Wildman–Crippen MR) is 43.4 cm³/mol. The maximum Gasteiger partial charge on any atom is 0.165 e. The Hall–Kier alpha value is -1.09. The van der Waals surface area contributed by atoms with Crippen molar-refractivity contribution < 1.29 is 9.50 Å². The van der Waals surface area contributed by atoms with Gasteiger partial charge < -0.3 is 10.4 Å². The minimum Gasteiger partial charge on any atom is -0.505 e. The van der Waals surface area contributed by atoms with Gasteiger partial charge in [0.25, 0.3) is 0 Å². The van der Waals surface area contributed by atoms with Gasteiger partial charge in [-0.2, -0.15) is 0 Å². The van der Waals surface area contributed by atoms with E-state index in [1.54, 1.807) is 6.07 Å². The lowest BCUT2D eigenvalue weighted by Gasteiger charge is -2.27. The van der Waals surface area contributed by atoms with Crippen molar-refractivity contribution in [1.29, 1.82) is 0 Å². The summed E-state index contributed by atoms with van der Waals surface area (Å²) in [6.45, 7) is 0.993. The summed E-state index contributed by atoms with van der Waals surface area (Å²) in [4.78, 5) is 0.